The Balaban J connectivity index is 1.87. The highest BCUT2D eigenvalue weighted by molar-refractivity contribution is 5.01. The van der Waals surface area contributed by atoms with Crippen molar-refractivity contribution in [2.45, 2.75) is 32.1 Å². The molecule has 0 bridgehead atoms. The average Bonchev–Trinajstić information content (AvgIpc) is 2.85. The Kier molecular flexibility index (Phi) is 4.57. The number of likely N-dealkylation sites (tertiary alicyclic amines) is 1. The molecule has 0 saturated carbocycles. The van der Waals surface area contributed by atoms with Crippen molar-refractivity contribution in [2.24, 2.45) is 0 Å². The van der Waals surface area contributed by atoms with Gasteiger partial charge in [0.05, 0.1) is 6.20 Å². The van der Waals surface area contributed by atoms with E-state index in [2.05, 4.69) is 22.1 Å². The maximum absolute atomic E-state index is 5.82. The number of likely N-dealkylation sites (N-methyl/N-ethyl adjacent to an activating group) is 1. The number of hydrogen-bond acceptors (Lipinski definition) is 4. The number of oxazole rings is 1. The lowest BCUT2D eigenvalue weighted by Gasteiger charge is -2.29. The standard InChI is InChI=1S/C13H23N3O/c1-3-16-8-5-11(6-9-16)13-15-10-12(17-13)4-7-14-2/h10-11,14H,3-9H2,1-2H3. The Morgan fingerprint density at radius 1 is 1.47 bits per heavy atom. The summed E-state index contributed by atoms with van der Waals surface area (Å²) in [5, 5.41) is 3.12. The number of hydrogen-bond donors (Lipinski definition) is 1. The van der Waals surface area contributed by atoms with E-state index >= 15 is 0 Å². The van der Waals surface area contributed by atoms with Gasteiger partial charge in [-0.05, 0) is 39.5 Å². The van der Waals surface area contributed by atoms with Gasteiger partial charge in [-0.2, -0.15) is 0 Å². The topological polar surface area (TPSA) is 41.3 Å². The Morgan fingerprint density at radius 3 is 2.88 bits per heavy atom. The molecule has 0 amide bonds. The van der Waals surface area contributed by atoms with Crippen molar-refractivity contribution >= 4 is 0 Å². The van der Waals surface area contributed by atoms with Gasteiger partial charge in [0.2, 0.25) is 0 Å². The van der Waals surface area contributed by atoms with E-state index in [1.54, 1.807) is 0 Å². The fourth-order valence-corrected chi connectivity index (χ4v) is 2.37. The minimum absolute atomic E-state index is 0.529. The minimum atomic E-state index is 0.529. The van der Waals surface area contributed by atoms with Gasteiger partial charge >= 0.3 is 0 Å². The SMILES string of the molecule is CCN1CCC(c2ncc(CCNC)o2)CC1. The van der Waals surface area contributed by atoms with E-state index in [-0.39, 0.29) is 0 Å². The van der Waals surface area contributed by atoms with Crippen molar-refractivity contribution in [1.29, 1.82) is 0 Å². The largest absolute Gasteiger partial charge is 0.445 e. The molecule has 0 aromatic carbocycles. The van der Waals surface area contributed by atoms with E-state index in [0.29, 0.717) is 5.92 Å². The molecule has 0 spiro atoms. The van der Waals surface area contributed by atoms with E-state index in [4.69, 9.17) is 4.42 Å². The Labute approximate surface area is 103 Å². The maximum atomic E-state index is 5.82. The molecule has 0 atom stereocenters. The van der Waals surface area contributed by atoms with Crippen LogP contribution in [0.15, 0.2) is 10.6 Å². The van der Waals surface area contributed by atoms with Crippen LogP contribution in [-0.4, -0.2) is 43.1 Å². The van der Waals surface area contributed by atoms with E-state index < -0.39 is 0 Å². The van der Waals surface area contributed by atoms with Crippen molar-refractivity contribution < 1.29 is 4.42 Å². The number of aromatic nitrogens is 1. The first-order chi connectivity index (χ1) is 8.33. The van der Waals surface area contributed by atoms with E-state index in [1.165, 1.54) is 25.9 Å². The monoisotopic (exact) mass is 237 g/mol. The van der Waals surface area contributed by atoms with Crippen molar-refractivity contribution in [1.82, 2.24) is 15.2 Å². The normalized spacial score (nSPS) is 18.7. The van der Waals surface area contributed by atoms with Crippen LogP contribution >= 0.6 is 0 Å². The zero-order valence-corrected chi connectivity index (χ0v) is 10.9. The van der Waals surface area contributed by atoms with Crippen molar-refractivity contribution in [3.63, 3.8) is 0 Å². The van der Waals surface area contributed by atoms with Crippen LogP contribution in [0, 0.1) is 0 Å². The first-order valence-electron chi connectivity index (χ1n) is 6.65. The van der Waals surface area contributed by atoms with E-state index in [0.717, 1.165) is 31.2 Å². The molecular formula is C13H23N3O. The summed E-state index contributed by atoms with van der Waals surface area (Å²) >= 11 is 0. The highest BCUT2D eigenvalue weighted by Crippen LogP contribution is 2.27. The highest BCUT2D eigenvalue weighted by atomic mass is 16.4. The van der Waals surface area contributed by atoms with Crippen LogP contribution in [0.5, 0.6) is 0 Å². The number of rotatable bonds is 5. The number of nitrogens with zero attached hydrogens (tertiary/aromatic N) is 2. The second kappa shape index (κ2) is 6.17. The molecule has 1 aromatic heterocycles. The van der Waals surface area contributed by atoms with Crippen molar-refractivity contribution in [3.8, 4) is 0 Å². The fourth-order valence-electron chi connectivity index (χ4n) is 2.37. The van der Waals surface area contributed by atoms with Gasteiger partial charge in [-0.15, -0.1) is 0 Å². The summed E-state index contributed by atoms with van der Waals surface area (Å²) in [6.45, 7) is 6.68. The third kappa shape index (κ3) is 3.30. The quantitative estimate of drug-likeness (QED) is 0.845. The molecule has 4 nitrogen and oxygen atoms in total. The zero-order chi connectivity index (χ0) is 12.1. The molecule has 2 heterocycles. The third-order valence-corrected chi connectivity index (χ3v) is 3.58. The lowest BCUT2D eigenvalue weighted by Crippen LogP contribution is -2.32. The van der Waals surface area contributed by atoms with Crippen LogP contribution in [0.25, 0.3) is 0 Å². The van der Waals surface area contributed by atoms with Crippen LogP contribution in [0.2, 0.25) is 0 Å². The average molecular weight is 237 g/mol. The molecule has 17 heavy (non-hydrogen) atoms. The molecule has 1 saturated heterocycles. The van der Waals surface area contributed by atoms with Crippen LogP contribution in [0.4, 0.5) is 0 Å². The fraction of sp³-hybridized carbons (Fsp3) is 0.769. The molecule has 2 rings (SSSR count). The zero-order valence-electron chi connectivity index (χ0n) is 10.9. The third-order valence-electron chi connectivity index (χ3n) is 3.58. The molecule has 96 valence electrons. The molecule has 1 aromatic rings. The summed E-state index contributed by atoms with van der Waals surface area (Å²) in [6.07, 6.45) is 5.18. The second-order valence-electron chi connectivity index (χ2n) is 4.73. The molecule has 0 aliphatic carbocycles. The summed E-state index contributed by atoms with van der Waals surface area (Å²) < 4.78 is 5.82. The molecule has 4 heteroatoms. The van der Waals surface area contributed by atoms with Gasteiger partial charge in [0.25, 0.3) is 0 Å². The van der Waals surface area contributed by atoms with Gasteiger partial charge in [-0.1, -0.05) is 6.92 Å². The van der Waals surface area contributed by atoms with E-state index in [1.807, 2.05) is 13.2 Å². The van der Waals surface area contributed by atoms with Crippen LogP contribution in [0.3, 0.4) is 0 Å². The summed E-state index contributed by atoms with van der Waals surface area (Å²) in [7, 11) is 1.96. The van der Waals surface area contributed by atoms with Crippen LogP contribution in [-0.2, 0) is 6.42 Å². The van der Waals surface area contributed by atoms with Gasteiger partial charge in [-0.25, -0.2) is 4.98 Å². The van der Waals surface area contributed by atoms with E-state index in [9.17, 15) is 0 Å². The molecular weight excluding hydrogens is 214 g/mol. The summed E-state index contributed by atoms with van der Waals surface area (Å²) in [5.74, 6) is 2.49. The molecule has 0 radical (unpaired) electrons. The summed E-state index contributed by atoms with van der Waals surface area (Å²) in [4.78, 5) is 6.92. The first-order valence-corrected chi connectivity index (χ1v) is 6.65. The Bertz CT molecular complexity index is 329. The number of piperidine rings is 1. The minimum Gasteiger partial charge on any atom is -0.445 e. The predicted molar refractivity (Wildman–Crippen MR) is 68.2 cm³/mol. The second-order valence-corrected chi connectivity index (χ2v) is 4.73. The van der Waals surface area contributed by atoms with Gasteiger partial charge in [0, 0.05) is 18.9 Å². The molecule has 1 aliphatic heterocycles. The Morgan fingerprint density at radius 2 is 2.24 bits per heavy atom. The van der Waals surface area contributed by atoms with Gasteiger partial charge in [0.15, 0.2) is 5.89 Å². The summed E-state index contributed by atoms with van der Waals surface area (Å²) in [5.41, 5.74) is 0. The predicted octanol–water partition coefficient (Wildman–Crippen LogP) is 1.64. The van der Waals surface area contributed by atoms with Crippen molar-refractivity contribution in [2.75, 3.05) is 33.2 Å². The van der Waals surface area contributed by atoms with Gasteiger partial charge < -0.3 is 14.6 Å². The van der Waals surface area contributed by atoms with Gasteiger partial charge in [-0.3, -0.25) is 0 Å². The maximum Gasteiger partial charge on any atom is 0.197 e. The van der Waals surface area contributed by atoms with Gasteiger partial charge in [0.1, 0.15) is 5.76 Å². The molecule has 1 fully saturated rings. The molecule has 1 aliphatic rings. The first kappa shape index (κ1) is 12.6. The lowest BCUT2D eigenvalue weighted by molar-refractivity contribution is 0.207. The molecule has 0 unspecified atom stereocenters. The van der Waals surface area contributed by atoms with Crippen LogP contribution < -0.4 is 5.32 Å². The highest BCUT2D eigenvalue weighted by Gasteiger charge is 2.23. The van der Waals surface area contributed by atoms with Crippen molar-refractivity contribution in [3.05, 3.63) is 17.8 Å². The molecule has 1 N–H and O–H groups in total. The summed E-state index contributed by atoms with van der Waals surface area (Å²) in [6, 6.07) is 0. The number of nitrogens with one attached hydrogen (secondary N) is 1. The smallest absolute Gasteiger partial charge is 0.197 e. The van der Waals surface area contributed by atoms with Crippen LogP contribution in [0.1, 0.15) is 37.3 Å². The lowest BCUT2D eigenvalue weighted by atomic mass is 9.97. The Hall–Kier alpha value is -0.870.